The van der Waals surface area contributed by atoms with Crippen LogP contribution >= 0.6 is 0 Å². The number of alkyl halides is 9. The summed E-state index contributed by atoms with van der Waals surface area (Å²) in [6.07, 6.45) is 7.94. The Bertz CT molecular complexity index is 5540. The van der Waals surface area contributed by atoms with Crippen molar-refractivity contribution >= 4 is 58.2 Å². The highest BCUT2D eigenvalue weighted by Gasteiger charge is 2.54. The zero-order valence-corrected chi connectivity index (χ0v) is 70.5. The van der Waals surface area contributed by atoms with Gasteiger partial charge in [0.05, 0.1) is 87.9 Å². The van der Waals surface area contributed by atoms with Gasteiger partial charge in [-0.25, -0.2) is 48.3 Å². The number of aromatic nitrogens is 4. The van der Waals surface area contributed by atoms with E-state index in [1.54, 1.807) is 33.6 Å². The number of halogens is 19. The smallest absolute Gasteiger partial charge is 0.352 e. The Labute approximate surface area is 731 Å². The van der Waals surface area contributed by atoms with Crippen molar-refractivity contribution in [3.05, 3.63) is 249 Å². The molecule has 8 atom stereocenters. The molecule has 22 nitrogen and oxygen atoms in total. The predicted molar refractivity (Wildman–Crippen MR) is 435 cm³/mol. The first kappa shape index (κ1) is 98.7. The van der Waals surface area contributed by atoms with E-state index in [9.17, 15) is 115 Å². The first-order valence-electron chi connectivity index (χ1n) is 41.1. The van der Waals surface area contributed by atoms with E-state index < -0.39 is 216 Å². The molecular formula is C89H91F19N12O10. The molecule has 8 heterocycles. The van der Waals surface area contributed by atoms with Crippen LogP contribution in [0.2, 0.25) is 0 Å². The third-order valence-corrected chi connectivity index (χ3v) is 23.6. The van der Waals surface area contributed by atoms with Crippen LogP contribution in [-0.2, 0) is 33.3 Å². The summed E-state index contributed by atoms with van der Waals surface area (Å²) in [6.45, 7) is 16.1. The third kappa shape index (κ3) is 21.6. The number of allylic oxidation sites excluding steroid dienone is 2. The Kier molecular flexibility index (Phi) is 29.7. The summed E-state index contributed by atoms with van der Waals surface area (Å²) in [7, 11) is 0. The lowest BCUT2D eigenvalue weighted by Crippen LogP contribution is -2.56. The van der Waals surface area contributed by atoms with Crippen molar-refractivity contribution in [1.29, 1.82) is 0 Å². The molecule has 6 aromatic carbocycles. The van der Waals surface area contributed by atoms with Crippen molar-refractivity contribution in [2.75, 3.05) is 47.4 Å². The number of likely N-dealkylation sites (tertiary alicyclic amines) is 2. The molecule has 700 valence electrons. The number of carbonyl (C=O) groups is 6. The second-order valence-corrected chi connectivity index (χ2v) is 33.4. The number of piperidine rings is 4. The molecule has 6 saturated heterocycles. The van der Waals surface area contributed by atoms with Gasteiger partial charge in [0, 0.05) is 126 Å². The summed E-state index contributed by atoms with van der Waals surface area (Å²) in [4.78, 5) is 79.2. The molecule has 0 spiro atoms. The number of fused-ring (bicyclic) bond motifs is 4. The molecule has 6 amide bonds. The SMILES string of the molecule is C=C(N1[C@@H]2CC[C@H]1CC(O)C2)C(F)(F)c1cc(C(=O)Nc2cc(F)c(F)c(F)c2)ccc1F.C=C(N1[C@@H]2CC[C@H]1CC(O)C2)C(F)(F)c1cc(C(=O)Nc2cnn(C(C)C)c2)ccc1F.CC1(F)CN(C(=O)C(F)(F)c2cc(C(=O)Nc3cc(F)c(F)c(F)c3)ccc2F)CCC1O.CCC1(O)CCN(C(=O)C(F)(F)c2cc(C(=O)Nc3cnn(C(C)C)c3)ccc2F)CC1. The minimum Gasteiger partial charge on any atom is -0.393 e. The van der Waals surface area contributed by atoms with Gasteiger partial charge < -0.3 is 61.3 Å². The van der Waals surface area contributed by atoms with E-state index in [0.29, 0.717) is 129 Å². The lowest BCUT2D eigenvalue weighted by molar-refractivity contribution is -0.167. The van der Waals surface area contributed by atoms with E-state index >= 15 is 17.6 Å². The normalized spacial score (nSPS) is 20.7. The number of amides is 6. The van der Waals surface area contributed by atoms with E-state index in [4.69, 9.17) is 0 Å². The zero-order chi connectivity index (χ0) is 95.7. The number of nitrogens with zero attached hydrogens (tertiary/aromatic N) is 8. The van der Waals surface area contributed by atoms with Gasteiger partial charge in [-0.15, -0.1) is 0 Å². The predicted octanol–water partition coefficient (Wildman–Crippen LogP) is 17.2. The minimum atomic E-state index is -4.51. The van der Waals surface area contributed by atoms with Crippen LogP contribution in [0.5, 0.6) is 0 Å². The molecule has 14 rings (SSSR count). The standard InChI is InChI=1S/C23H20F6N2O2.C23H27F3N4O2.C22H27F3N4O3.C21H17F7N2O3/c1-11(31-14-3-4-15(31)10-16(32)9-14)23(28,29)17-6-12(2-5-18(17)24)22(33)30-13-7-19(25)21(27)20(26)8-13;1-13(2)29-12-16(11-27-29)28-22(32)15-4-7-21(24)20(8-15)23(25,26)14(3)30-17-5-6-18(30)10-19(31)9-17;1-4-21(32)7-9-28(10-8-21)20(31)22(24,25)17-11-15(5-6-18(17)23)19(30)27-16-12-26-29(13-16)14(2)3;1-20(26)9-30(5-4-16(20)31)19(33)21(27,28)12-6-10(2-3-13(12)22)18(32)29-11-7-14(23)17(25)15(24)8-11/h2,5-8,14-16,32H,1,3-4,9-10H2,(H,30,33);4,7-8,11-13,17-19,31H,3,5-6,9-10H2,1-2H3,(H,28,32);5-6,11-14,32H,4,7-10H2,1-3H3,(H,27,30);2-3,6-8,16,31H,4-5,9H2,1H3,(H,29,32)/t14-,15+,16?;17-,18+,19?;;. The van der Waals surface area contributed by atoms with Crippen LogP contribution in [0, 0.1) is 58.2 Å². The second-order valence-electron chi connectivity index (χ2n) is 33.4. The Hall–Kier alpha value is -11.9. The number of hydrogen-bond acceptors (Lipinski definition) is 14. The van der Waals surface area contributed by atoms with E-state index in [1.165, 1.54) is 23.4 Å². The van der Waals surface area contributed by atoms with Crippen LogP contribution < -0.4 is 21.3 Å². The van der Waals surface area contributed by atoms with Crippen molar-refractivity contribution in [3.8, 4) is 0 Å². The fourth-order valence-corrected chi connectivity index (χ4v) is 16.3. The molecule has 4 unspecified atom stereocenters. The van der Waals surface area contributed by atoms with Crippen LogP contribution in [0.15, 0.2) is 146 Å². The average Bonchev–Trinajstić information content (AvgIpc) is 1.67. The van der Waals surface area contributed by atoms with Gasteiger partial charge in [0.25, 0.3) is 35.4 Å². The van der Waals surface area contributed by atoms with Crippen molar-refractivity contribution < 1.29 is 133 Å². The maximum atomic E-state index is 15.4. The molecule has 8 aromatic rings. The average molecular weight is 1850 g/mol. The van der Waals surface area contributed by atoms with Gasteiger partial charge in [-0.05, 0) is 184 Å². The van der Waals surface area contributed by atoms with Gasteiger partial charge >= 0.3 is 23.7 Å². The molecule has 6 aliphatic rings. The zero-order valence-electron chi connectivity index (χ0n) is 70.5. The number of anilines is 4. The summed E-state index contributed by atoms with van der Waals surface area (Å²) < 4.78 is 276. The van der Waals surface area contributed by atoms with Crippen LogP contribution in [0.4, 0.5) is 106 Å². The monoisotopic (exact) mass is 1850 g/mol. The van der Waals surface area contributed by atoms with Gasteiger partial charge in [0.1, 0.15) is 23.3 Å². The van der Waals surface area contributed by atoms with Crippen molar-refractivity contribution in [2.24, 2.45) is 0 Å². The van der Waals surface area contributed by atoms with Crippen LogP contribution in [0.25, 0.3) is 0 Å². The van der Waals surface area contributed by atoms with Gasteiger partial charge in [-0.1, -0.05) is 20.1 Å². The number of aliphatic hydroxyl groups is 4. The topological polar surface area (TPSA) is 280 Å². The first-order chi connectivity index (χ1) is 60.8. The lowest BCUT2D eigenvalue weighted by Gasteiger charge is -2.42. The van der Waals surface area contributed by atoms with Gasteiger partial charge in [0.2, 0.25) is 0 Å². The highest BCUT2D eigenvalue weighted by atomic mass is 19.3. The maximum absolute atomic E-state index is 15.4. The summed E-state index contributed by atoms with van der Waals surface area (Å²) in [6, 6.07) is 10.3. The summed E-state index contributed by atoms with van der Waals surface area (Å²) in [5.74, 6) is -38.4. The van der Waals surface area contributed by atoms with Gasteiger partial charge in [0.15, 0.2) is 40.6 Å². The largest absolute Gasteiger partial charge is 0.393 e. The molecule has 2 aromatic heterocycles. The van der Waals surface area contributed by atoms with Crippen molar-refractivity contribution in [2.45, 2.75) is 208 Å². The fourth-order valence-electron chi connectivity index (χ4n) is 16.3. The van der Waals surface area contributed by atoms with Gasteiger partial charge in [-0.2, -0.15) is 45.3 Å². The van der Waals surface area contributed by atoms with Crippen LogP contribution in [0.1, 0.15) is 194 Å². The highest BCUT2D eigenvalue weighted by molar-refractivity contribution is 6.06. The Morgan fingerprint density at radius 2 is 0.731 bits per heavy atom. The van der Waals surface area contributed by atoms with E-state index in [-0.39, 0.29) is 79.7 Å². The van der Waals surface area contributed by atoms with E-state index in [1.807, 2.05) is 33.0 Å². The maximum Gasteiger partial charge on any atom is 0.352 e. The van der Waals surface area contributed by atoms with Gasteiger partial charge in [-0.3, -0.25) is 38.1 Å². The number of carbonyl (C=O) groups excluding carboxylic acids is 6. The summed E-state index contributed by atoms with van der Waals surface area (Å²) in [5.41, 5.74) is -10.6. The molecule has 0 aliphatic carbocycles. The Morgan fingerprint density at radius 1 is 0.438 bits per heavy atom. The molecule has 0 radical (unpaired) electrons. The molecule has 8 N–H and O–H groups in total. The number of hydrogen-bond donors (Lipinski definition) is 8. The third-order valence-electron chi connectivity index (χ3n) is 23.6. The quantitative estimate of drug-likeness (QED) is 0.0245. The van der Waals surface area contributed by atoms with Crippen LogP contribution in [-0.4, -0.2) is 175 Å². The summed E-state index contributed by atoms with van der Waals surface area (Å²) in [5, 5.41) is 57.1. The van der Waals surface area contributed by atoms with Crippen LogP contribution in [0.3, 0.4) is 0 Å². The first-order valence-corrected chi connectivity index (χ1v) is 41.1. The molecule has 4 bridgehead atoms. The highest BCUT2D eigenvalue weighted by Crippen LogP contribution is 2.49. The lowest BCUT2D eigenvalue weighted by atomic mass is 9.88. The fraction of sp³-hybridized carbons (Fsp3) is 0.416. The van der Waals surface area contributed by atoms with E-state index in [2.05, 4.69) is 39.3 Å². The van der Waals surface area contributed by atoms with Crippen molar-refractivity contribution in [1.82, 2.24) is 39.2 Å². The molecule has 41 heteroatoms. The molecule has 0 saturated carbocycles. The Balaban J connectivity index is 0.000000168. The number of rotatable bonds is 21. The number of nitrogens with one attached hydrogen (secondary N) is 4. The van der Waals surface area contributed by atoms with Crippen molar-refractivity contribution in [3.63, 3.8) is 0 Å². The van der Waals surface area contributed by atoms with E-state index in [0.717, 1.165) is 48.2 Å². The number of aliphatic hydroxyl groups excluding tert-OH is 3. The Morgan fingerprint density at radius 3 is 1.02 bits per heavy atom. The summed E-state index contributed by atoms with van der Waals surface area (Å²) >= 11 is 0. The minimum absolute atomic E-state index is 0.0552. The molecule has 6 aliphatic heterocycles. The number of benzene rings is 6. The second kappa shape index (κ2) is 39.1. The molecular weight excluding hydrogens is 1760 g/mol. The molecule has 130 heavy (non-hydrogen) atoms. The molecule has 6 fully saturated rings.